The number of carbonyl (C=O) groups is 1. The van der Waals surface area contributed by atoms with E-state index >= 15 is 0 Å². The highest BCUT2D eigenvalue weighted by Crippen LogP contribution is 2.13. The molecule has 2 rings (SSSR count). The molecule has 1 heterocycles. The molecule has 6 heteroatoms. The van der Waals surface area contributed by atoms with Crippen molar-refractivity contribution >= 4 is 17.4 Å². The minimum Gasteiger partial charge on any atom is -0.492 e. The molecular formula is C15H18N4O2. The molecule has 0 saturated heterocycles. The molecule has 1 amide bonds. The summed E-state index contributed by atoms with van der Waals surface area (Å²) >= 11 is 0. The Hall–Kier alpha value is -2.76. The molecule has 1 aromatic heterocycles. The van der Waals surface area contributed by atoms with E-state index in [0.717, 1.165) is 11.4 Å². The number of hydrogen-bond donors (Lipinski definition) is 3. The van der Waals surface area contributed by atoms with E-state index in [1.807, 2.05) is 19.1 Å². The molecule has 0 aliphatic carbocycles. The predicted octanol–water partition coefficient (Wildman–Crippen LogP) is 1.56. The number of amides is 1. The Bertz CT molecular complexity index is 626. The van der Waals surface area contributed by atoms with Gasteiger partial charge >= 0.3 is 0 Å². The van der Waals surface area contributed by atoms with Crippen LogP contribution in [0.5, 0.6) is 5.75 Å². The summed E-state index contributed by atoms with van der Waals surface area (Å²) in [7, 11) is 0. The van der Waals surface area contributed by atoms with Crippen molar-refractivity contribution < 1.29 is 9.53 Å². The SMILES string of the molecule is Cc1cc(C(N)=O)cc(NCCOc2ccc(N)cc2)n1. The monoisotopic (exact) mass is 286 g/mol. The number of nitrogens with zero attached hydrogens (tertiary/aromatic N) is 1. The highest BCUT2D eigenvalue weighted by molar-refractivity contribution is 5.93. The molecule has 21 heavy (non-hydrogen) atoms. The van der Waals surface area contributed by atoms with Crippen LogP contribution in [0.25, 0.3) is 0 Å². The van der Waals surface area contributed by atoms with Gasteiger partial charge in [-0.1, -0.05) is 0 Å². The van der Waals surface area contributed by atoms with Crippen molar-refractivity contribution in [2.75, 3.05) is 24.2 Å². The van der Waals surface area contributed by atoms with Crippen LogP contribution >= 0.6 is 0 Å². The van der Waals surface area contributed by atoms with Crippen molar-refractivity contribution in [1.82, 2.24) is 4.98 Å². The number of primary amides is 1. The van der Waals surface area contributed by atoms with E-state index < -0.39 is 5.91 Å². The number of nitrogen functional groups attached to an aromatic ring is 1. The smallest absolute Gasteiger partial charge is 0.248 e. The summed E-state index contributed by atoms with van der Waals surface area (Å²) in [6.07, 6.45) is 0. The lowest BCUT2D eigenvalue weighted by Gasteiger charge is -2.09. The predicted molar refractivity (Wildman–Crippen MR) is 82.3 cm³/mol. The maximum Gasteiger partial charge on any atom is 0.248 e. The first kappa shape index (κ1) is 14.6. The van der Waals surface area contributed by atoms with E-state index in [1.54, 1.807) is 24.3 Å². The summed E-state index contributed by atoms with van der Waals surface area (Å²) in [4.78, 5) is 15.5. The van der Waals surface area contributed by atoms with Crippen molar-refractivity contribution in [2.24, 2.45) is 5.73 Å². The molecule has 0 aliphatic rings. The van der Waals surface area contributed by atoms with Crippen LogP contribution in [-0.4, -0.2) is 24.0 Å². The van der Waals surface area contributed by atoms with Crippen LogP contribution in [0.15, 0.2) is 36.4 Å². The molecule has 6 nitrogen and oxygen atoms in total. The largest absolute Gasteiger partial charge is 0.492 e. The third-order valence-corrected chi connectivity index (χ3v) is 2.79. The molecule has 0 radical (unpaired) electrons. The first-order chi connectivity index (χ1) is 10.0. The molecule has 2 aromatic rings. The van der Waals surface area contributed by atoms with Crippen LogP contribution in [0, 0.1) is 6.92 Å². The standard InChI is InChI=1S/C15H18N4O2/c1-10-8-11(15(17)20)9-14(19-10)18-6-7-21-13-4-2-12(16)3-5-13/h2-5,8-9H,6-7,16H2,1H3,(H2,17,20)(H,18,19). The Balaban J connectivity index is 1.86. The van der Waals surface area contributed by atoms with Gasteiger partial charge in [0.25, 0.3) is 0 Å². The zero-order valence-corrected chi connectivity index (χ0v) is 11.8. The Labute approximate surface area is 123 Å². The number of aryl methyl sites for hydroxylation is 1. The van der Waals surface area contributed by atoms with Gasteiger partial charge in [0.05, 0.1) is 6.54 Å². The number of aromatic nitrogens is 1. The third kappa shape index (κ3) is 4.38. The van der Waals surface area contributed by atoms with E-state index in [1.165, 1.54) is 0 Å². The van der Waals surface area contributed by atoms with E-state index in [-0.39, 0.29) is 0 Å². The molecule has 0 bridgehead atoms. The quantitative estimate of drug-likeness (QED) is 0.552. The van der Waals surface area contributed by atoms with Crippen molar-refractivity contribution in [3.63, 3.8) is 0 Å². The summed E-state index contributed by atoms with van der Waals surface area (Å²) in [6.45, 7) is 2.83. The van der Waals surface area contributed by atoms with Crippen molar-refractivity contribution in [3.05, 3.63) is 47.7 Å². The summed E-state index contributed by atoms with van der Waals surface area (Å²) in [5, 5.41) is 3.09. The Morgan fingerprint density at radius 1 is 1.29 bits per heavy atom. The molecule has 110 valence electrons. The molecule has 0 spiro atoms. The normalized spacial score (nSPS) is 10.1. The molecule has 0 saturated carbocycles. The van der Waals surface area contributed by atoms with Gasteiger partial charge in [-0.3, -0.25) is 4.79 Å². The molecule has 1 aromatic carbocycles. The van der Waals surface area contributed by atoms with Crippen LogP contribution in [0.1, 0.15) is 16.1 Å². The van der Waals surface area contributed by atoms with Crippen LogP contribution < -0.4 is 21.5 Å². The zero-order chi connectivity index (χ0) is 15.2. The summed E-state index contributed by atoms with van der Waals surface area (Å²) in [5.41, 5.74) is 12.7. The number of ether oxygens (including phenoxy) is 1. The first-order valence-corrected chi connectivity index (χ1v) is 6.55. The minimum atomic E-state index is -0.471. The second-order valence-electron chi connectivity index (χ2n) is 4.59. The zero-order valence-electron chi connectivity index (χ0n) is 11.8. The number of carbonyl (C=O) groups excluding carboxylic acids is 1. The third-order valence-electron chi connectivity index (χ3n) is 2.79. The maximum absolute atomic E-state index is 11.2. The lowest BCUT2D eigenvalue weighted by Crippen LogP contribution is -2.15. The van der Waals surface area contributed by atoms with Gasteiger partial charge in [0.1, 0.15) is 18.2 Å². The first-order valence-electron chi connectivity index (χ1n) is 6.55. The fourth-order valence-corrected chi connectivity index (χ4v) is 1.81. The second-order valence-corrected chi connectivity index (χ2v) is 4.59. The highest BCUT2D eigenvalue weighted by atomic mass is 16.5. The van der Waals surface area contributed by atoms with Gasteiger partial charge in [-0.25, -0.2) is 4.98 Å². The molecule has 5 N–H and O–H groups in total. The Morgan fingerprint density at radius 3 is 2.67 bits per heavy atom. The number of nitrogens with one attached hydrogen (secondary N) is 1. The van der Waals surface area contributed by atoms with Gasteiger partial charge in [0.15, 0.2) is 0 Å². The molecule has 0 fully saturated rings. The van der Waals surface area contributed by atoms with Crippen LogP contribution in [0.3, 0.4) is 0 Å². The fourth-order valence-electron chi connectivity index (χ4n) is 1.81. The Kier molecular flexibility index (Phi) is 4.61. The maximum atomic E-state index is 11.2. The van der Waals surface area contributed by atoms with Crippen LogP contribution in [-0.2, 0) is 0 Å². The van der Waals surface area contributed by atoms with Gasteiger partial charge in [-0.05, 0) is 43.3 Å². The van der Waals surface area contributed by atoms with Crippen molar-refractivity contribution in [1.29, 1.82) is 0 Å². The number of pyridine rings is 1. The molecule has 0 atom stereocenters. The number of nitrogens with two attached hydrogens (primary N) is 2. The van der Waals surface area contributed by atoms with Gasteiger partial charge in [0, 0.05) is 16.9 Å². The minimum absolute atomic E-state index is 0.435. The summed E-state index contributed by atoms with van der Waals surface area (Å²) in [6, 6.07) is 10.5. The number of rotatable bonds is 6. The number of benzene rings is 1. The summed E-state index contributed by atoms with van der Waals surface area (Å²) in [5.74, 6) is 0.882. The fraction of sp³-hybridized carbons (Fsp3) is 0.200. The summed E-state index contributed by atoms with van der Waals surface area (Å²) < 4.78 is 5.55. The van der Waals surface area contributed by atoms with Crippen molar-refractivity contribution in [3.8, 4) is 5.75 Å². The lowest BCUT2D eigenvalue weighted by molar-refractivity contribution is 0.1000. The van der Waals surface area contributed by atoms with Crippen LogP contribution in [0.2, 0.25) is 0 Å². The van der Waals surface area contributed by atoms with Crippen molar-refractivity contribution in [2.45, 2.75) is 6.92 Å². The van der Waals surface area contributed by atoms with Gasteiger partial charge < -0.3 is 21.5 Å². The van der Waals surface area contributed by atoms with Crippen LogP contribution in [0.4, 0.5) is 11.5 Å². The average molecular weight is 286 g/mol. The number of hydrogen-bond acceptors (Lipinski definition) is 5. The van der Waals surface area contributed by atoms with Gasteiger partial charge in [0.2, 0.25) is 5.91 Å². The van der Waals surface area contributed by atoms with E-state index in [0.29, 0.717) is 30.2 Å². The van der Waals surface area contributed by atoms with Gasteiger partial charge in [-0.2, -0.15) is 0 Å². The molecule has 0 aliphatic heterocycles. The lowest BCUT2D eigenvalue weighted by atomic mass is 10.2. The number of anilines is 2. The average Bonchev–Trinajstić information content (AvgIpc) is 2.45. The van der Waals surface area contributed by atoms with Gasteiger partial charge in [-0.15, -0.1) is 0 Å². The topological polar surface area (TPSA) is 103 Å². The van der Waals surface area contributed by atoms with E-state index in [9.17, 15) is 4.79 Å². The second kappa shape index (κ2) is 6.60. The molecular weight excluding hydrogens is 268 g/mol. The Morgan fingerprint density at radius 2 is 2.00 bits per heavy atom. The highest BCUT2D eigenvalue weighted by Gasteiger charge is 2.04. The van der Waals surface area contributed by atoms with E-state index in [2.05, 4.69) is 10.3 Å². The molecule has 0 unspecified atom stereocenters. The van der Waals surface area contributed by atoms with E-state index in [4.69, 9.17) is 16.2 Å².